The van der Waals surface area contributed by atoms with Crippen molar-refractivity contribution < 1.29 is 0 Å². The second-order valence-corrected chi connectivity index (χ2v) is 7.37. The van der Waals surface area contributed by atoms with E-state index in [1.807, 2.05) is 22.9 Å². The minimum Gasteiger partial charge on any atom is -0.305 e. The van der Waals surface area contributed by atoms with Gasteiger partial charge >= 0.3 is 0 Å². The van der Waals surface area contributed by atoms with Crippen molar-refractivity contribution in [1.82, 2.24) is 29.5 Å². The third kappa shape index (κ3) is 4.23. The number of pyridine rings is 1. The Balaban J connectivity index is 1.59. The van der Waals surface area contributed by atoms with Gasteiger partial charge in [0.25, 0.3) is 0 Å². The summed E-state index contributed by atoms with van der Waals surface area (Å²) < 4.78 is 2.05. The molecule has 1 aliphatic rings. The van der Waals surface area contributed by atoms with Gasteiger partial charge in [-0.1, -0.05) is 30.3 Å². The predicted molar refractivity (Wildman–Crippen MR) is 106 cm³/mol. The molecule has 3 heterocycles. The molecule has 2 aromatic heterocycles. The van der Waals surface area contributed by atoms with E-state index in [1.54, 1.807) is 12.4 Å². The Hall–Kier alpha value is -2.57. The fraction of sp³-hybridized carbons (Fsp3) is 0.381. The lowest BCUT2D eigenvalue weighted by Gasteiger charge is -2.20. The highest BCUT2D eigenvalue weighted by Crippen LogP contribution is 2.19. The van der Waals surface area contributed by atoms with Crippen molar-refractivity contribution in [3.05, 3.63) is 66.2 Å². The van der Waals surface area contributed by atoms with Crippen LogP contribution in [0.25, 0.3) is 11.4 Å². The number of likely N-dealkylation sites (tertiary alicyclic amines) is 1. The van der Waals surface area contributed by atoms with E-state index in [4.69, 9.17) is 10.1 Å². The molecule has 6 nitrogen and oxygen atoms in total. The van der Waals surface area contributed by atoms with Crippen LogP contribution in [0.2, 0.25) is 0 Å². The minimum atomic E-state index is 0.621. The van der Waals surface area contributed by atoms with Gasteiger partial charge in [0.2, 0.25) is 0 Å². The van der Waals surface area contributed by atoms with Crippen LogP contribution in [0, 0.1) is 0 Å². The van der Waals surface area contributed by atoms with Crippen LogP contribution in [-0.2, 0) is 13.1 Å². The maximum Gasteiger partial charge on any atom is 0.181 e. The van der Waals surface area contributed by atoms with Crippen LogP contribution in [-0.4, -0.2) is 62.8 Å². The molecule has 0 spiro atoms. The zero-order valence-corrected chi connectivity index (χ0v) is 16.0. The first kappa shape index (κ1) is 17.8. The Bertz CT molecular complexity index is 859. The van der Waals surface area contributed by atoms with Gasteiger partial charge in [-0.05, 0) is 38.2 Å². The number of aromatic nitrogens is 4. The first-order valence-electron chi connectivity index (χ1n) is 9.46. The van der Waals surface area contributed by atoms with Crippen LogP contribution in [0.1, 0.15) is 17.8 Å². The molecule has 1 atom stereocenters. The van der Waals surface area contributed by atoms with Crippen LogP contribution in [0.3, 0.4) is 0 Å². The van der Waals surface area contributed by atoms with Gasteiger partial charge in [-0.15, -0.1) is 0 Å². The zero-order valence-electron chi connectivity index (χ0n) is 16.0. The zero-order chi connectivity index (χ0) is 18.6. The largest absolute Gasteiger partial charge is 0.305 e. The number of hydrogen-bond acceptors (Lipinski definition) is 5. The predicted octanol–water partition coefficient (Wildman–Crippen LogP) is 2.52. The van der Waals surface area contributed by atoms with Gasteiger partial charge in [0.15, 0.2) is 5.82 Å². The minimum absolute atomic E-state index is 0.621. The summed E-state index contributed by atoms with van der Waals surface area (Å²) in [4.78, 5) is 13.8. The van der Waals surface area contributed by atoms with E-state index in [-0.39, 0.29) is 0 Å². The molecule has 0 aliphatic carbocycles. The molecule has 1 aliphatic heterocycles. The molecule has 0 radical (unpaired) electrons. The maximum atomic E-state index is 4.88. The summed E-state index contributed by atoms with van der Waals surface area (Å²) in [5.74, 6) is 1.79. The summed E-state index contributed by atoms with van der Waals surface area (Å²) in [5, 5.41) is 4.81. The van der Waals surface area contributed by atoms with Crippen molar-refractivity contribution in [1.29, 1.82) is 0 Å². The van der Waals surface area contributed by atoms with Crippen molar-refractivity contribution in [3.8, 4) is 11.4 Å². The van der Waals surface area contributed by atoms with Crippen molar-refractivity contribution >= 4 is 0 Å². The van der Waals surface area contributed by atoms with E-state index < -0.39 is 0 Å². The van der Waals surface area contributed by atoms with E-state index in [0.717, 1.165) is 43.4 Å². The van der Waals surface area contributed by atoms with E-state index in [9.17, 15) is 0 Å². The third-order valence-electron chi connectivity index (χ3n) is 5.20. The summed E-state index contributed by atoms with van der Waals surface area (Å²) in [6, 6.07) is 15.0. The summed E-state index contributed by atoms with van der Waals surface area (Å²) in [6.07, 6.45) is 4.78. The summed E-state index contributed by atoms with van der Waals surface area (Å²) in [7, 11) is 4.32. The topological polar surface area (TPSA) is 50.1 Å². The van der Waals surface area contributed by atoms with Crippen LogP contribution < -0.4 is 0 Å². The number of nitrogens with zero attached hydrogens (tertiary/aromatic N) is 6. The fourth-order valence-electron chi connectivity index (χ4n) is 3.57. The lowest BCUT2D eigenvalue weighted by Crippen LogP contribution is -2.31. The molecule has 0 bridgehead atoms. The molecule has 0 N–H and O–H groups in total. The smallest absolute Gasteiger partial charge is 0.181 e. The number of rotatable bonds is 6. The Morgan fingerprint density at radius 3 is 2.52 bits per heavy atom. The fourth-order valence-corrected chi connectivity index (χ4v) is 3.57. The Labute approximate surface area is 160 Å². The normalized spacial score (nSPS) is 17.7. The first-order valence-corrected chi connectivity index (χ1v) is 9.46. The van der Waals surface area contributed by atoms with Crippen LogP contribution in [0.4, 0.5) is 0 Å². The summed E-state index contributed by atoms with van der Waals surface area (Å²) in [6.45, 7) is 3.75. The third-order valence-corrected chi connectivity index (χ3v) is 5.20. The maximum absolute atomic E-state index is 4.88. The van der Waals surface area contributed by atoms with Gasteiger partial charge in [0.05, 0.1) is 13.1 Å². The number of likely N-dealkylation sites (N-methyl/N-ethyl adjacent to an activating group) is 1. The Morgan fingerprint density at radius 2 is 1.81 bits per heavy atom. The van der Waals surface area contributed by atoms with Crippen LogP contribution in [0.15, 0.2) is 54.9 Å². The van der Waals surface area contributed by atoms with Crippen molar-refractivity contribution in [2.24, 2.45) is 0 Å². The van der Waals surface area contributed by atoms with Crippen LogP contribution in [0.5, 0.6) is 0 Å². The van der Waals surface area contributed by atoms with Gasteiger partial charge in [0, 0.05) is 37.1 Å². The van der Waals surface area contributed by atoms with Crippen LogP contribution >= 0.6 is 0 Å². The van der Waals surface area contributed by atoms with Gasteiger partial charge in [-0.25, -0.2) is 9.67 Å². The molecule has 0 amide bonds. The Morgan fingerprint density at radius 1 is 1.04 bits per heavy atom. The average molecular weight is 362 g/mol. The van der Waals surface area contributed by atoms with E-state index in [1.165, 1.54) is 12.0 Å². The molecular weight excluding hydrogens is 336 g/mol. The molecule has 27 heavy (non-hydrogen) atoms. The number of benzene rings is 1. The van der Waals surface area contributed by atoms with Gasteiger partial charge in [-0.2, -0.15) is 5.10 Å². The van der Waals surface area contributed by atoms with Gasteiger partial charge in [-0.3, -0.25) is 9.88 Å². The van der Waals surface area contributed by atoms with E-state index in [2.05, 4.69) is 53.1 Å². The van der Waals surface area contributed by atoms with E-state index >= 15 is 0 Å². The van der Waals surface area contributed by atoms with Crippen molar-refractivity contribution in [2.75, 3.05) is 27.2 Å². The molecule has 140 valence electrons. The summed E-state index contributed by atoms with van der Waals surface area (Å²) >= 11 is 0. The quantitative estimate of drug-likeness (QED) is 0.674. The van der Waals surface area contributed by atoms with Gasteiger partial charge in [0.1, 0.15) is 5.82 Å². The second-order valence-electron chi connectivity index (χ2n) is 7.37. The first-order chi connectivity index (χ1) is 13.2. The van der Waals surface area contributed by atoms with Crippen molar-refractivity contribution in [3.63, 3.8) is 0 Å². The lowest BCUT2D eigenvalue weighted by atomic mass is 10.2. The molecule has 4 rings (SSSR count). The molecular formula is C21H26N6. The SMILES string of the molecule is CN(C)[C@H]1CCN(Cc2nc(-c3ccncc3)nn2Cc2ccccc2)C1. The van der Waals surface area contributed by atoms with E-state index in [0.29, 0.717) is 6.04 Å². The molecule has 6 heteroatoms. The standard InChI is InChI=1S/C21H26N6/c1-25(2)19-10-13-26(15-19)16-20-23-21(18-8-11-22-12-9-18)24-27(20)14-17-6-4-3-5-7-17/h3-9,11-12,19H,10,13-16H2,1-2H3/t19-/m0/s1. The molecule has 3 aromatic rings. The highest BCUT2D eigenvalue weighted by molar-refractivity contribution is 5.53. The monoisotopic (exact) mass is 362 g/mol. The lowest BCUT2D eigenvalue weighted by molar-refractivity contribution is 0.258. The van der Waals surface area contributed by atoms with Crippen molar-refractivity contribution in [2.45, 2.75) is 25.6 Å². The molecule has 1 fully saturated rings. The van der Waals surface area contributed by atoms with Gasteiger partial charge < -0.3 is 4.90 Å². The Kier molecular flexibility index (Phi) is 5.27. The molecule has 0 saturated carbocycles. The number of hydrogen-bond donors (Lipinski definition) is 0. The highest BCUT2D eigenvalue weighted by Gasteiger charge is 2.25. The summed E-state index contributed by atoms with van der Waals surface area (Å²) in [5.41, 5.74) is 2.24. The average Bonchev–Trinajstić information content (AvgIpc) is 3.31. The second kappa shape index (κ2) is 7.98. The molecule has 1 saturated heterocycles. The molecule has 1 aromatic carbocycles. The highest BCUT2D eigenvalue weighted by atomic mass is 15.4. The molecule has 0 unspecified atom stereocenters.